The molecular formula is C26H32FN3O3. The van der Waals surface area contributed by atoms with Crippen molar-refractivity contribution in [2.75, 3.05) is 13.2 Å². The van der Waals surface area contributed by atoms with E-state index in [-0.39, 0.29) is 11.9 Å². The summed E-state index contributed by atoms with van der Waals surface area (Å²) in [5.41, 5.74) is 2.52. The Balaban J connectivity index is 1.65. The van der Waals surface area contributed by atoms with Gasteiger partial charge in [-0.3, -0.25) is 4.90 Å². The van der Waals surface area contributed by atoms with Gasteiger partial charge in [0.05, 0.1) is 35.8 Å². The quantitative estimate of drug-likeness (QED) is 0.449. The standard InChI is InChI=1S/C26H32FN3O3/c1-18(2)32-17-22(31)15-29(20-13-14-20)16-23-19(3)28-30(21-9-5-4-6-10-21)26(23)33-25-12-8-7-11-24(25)27/h4-12,18,20,22,31H,13-17H2,1-3H3/t22-/m1/s1. The molecule has 7 heteroatoms. The Morgan fingerprint density at radius 2 is 1.82 bits per heavy atom. The molecule has 2 aromatic carbocycles. The first kappa shape index (κ1) is 23.4. The third kappa shape index (κ3) is 5.99. The normalized spacial score (nSPS) is 14.8. The Morgan fingerprint density at radius 3 is 2.48 bits per heavy atom. The van der Waals surface area contributed by atoms with Gasteiger partial charge < -0.3 is 14.6 Å². The van der Waals surface area contributed by atoms with E-state index in [0.29, 0.717) is 31.6 Å². The van der Waals surface area contributed by atoms with Crippen molar-refractivity contribution in [1.29, 1.82) is 0 Å². The molecule has 0 bridgehead atoms. The van der Waals surface area contributed by atoms with Crippen molar-refractivity contribution < 1.29 is 19.0 Å². The van der Waals surface area contributed by atoms with E-state index in [1.165, 1.54) is 6.07 Å². The van der Waals surface area contributed by atoms with Crippen LogP contribution in [0.25, 0.3) is 5.69 Å². The second kappa shape index (κ2) is 10.5. The van der Waals surface area contributed by atoms with Crippen LogP contribution in [0.5, 0.6) is 11.6 Å². The highest BCUT2D eigenvalue weighted by Gasteiger charge is 2.33. The molecule has 1 aliphatic carbocycles. The van der Waals surface area contributed by atoms with Crippen LogP contribution in [-0.2, 0) is 11.3 Å². The highest BCUT2D eigenvalue weighted by molar-refractivity contribution is 5.43. The summed E-state index contributed by atoms with van der Waals surface area (Å²) in [6, 6.07) is 16.5. The maximum atomic E-state index is 14.5. The highest BCUT2D eigenvalue weighted by Crippen LogP contribution is 2.35. The van der Waals surface area contributed by atoms with Crippen molar-refractivity contribution >= 4 is 0 Å². The maximum absolute atomic E-state index is 14.5. The van der Waals surface area contributed by atoms with E-state index >= 15 is 0 Å². The Morgan fingerprint density at radius 1 is 1.12 bits per heavy atom. The van der Waals surface area contributed by atoms with Gasteiger partial charge in [0, 0.05) is 19.1 Å². The molecule has 0 aliphatic heterocycles. The monoisotopic (exact) mass is 453 g/mol. The largest absolute Gasteiger partial charge is 0.435 e. The smallest absolute Gasteiger partial charge is 0.227 e. The summed E-state index contributed by atoms with van der Waals surface area (Å²) in [7, 11) is 0. The van der Waals surface area contributed by atoms with E-state index in [0.717, 1.165) is 29.8 Å². The van der Waals surface area contributed by atoms with Crippen LogP contribution in [0.15, 0.2) is 54.6 Å². The predicted octanol–water partition coefficient (Wildman–Crippen LogP) is 4.86. The average molecular weight is 454 g/mol. The maximum Gasteiger partial charge on any atom is 0.227 e. The molecule has 0 unspecified atom stereocenters. The number of aromatic nitrogens is 2. The molecule has 1 aromatic heterocycles. The van der Waals surface area contributed by atoms with Crippen molar-refractivity contribution in [3.8, 4) is 17.3 Å². The second-order valence-corrected chi connectivity index (χ2v) is 8.85. The minimum Gasteiger partial charge on any atom is -0.435 e. The molecule has 0 saturated heterocycles. The van der Waals surface area contributed by atoms with Crippen LogP contribution in [0.4, 0.5) is 4.39 Å². The molecule has 1 atom stereocenters. The van der Waals surface area contributed by atoms with Gasteiger partial charge in [0.25, 0.3) is 0 Å². The Hall–Kier alpha value is -2.74. The van der Waals surface area contributed by atoms with Crippen LogP contribution in [0.3, 0.4) is 0 Å². The van der Waals surface area contributed by atoms with E-state index in [4.69, 9.17) is 14.6 Å². The molecule has 1 saturated carbocycles. The molecule has 3 aromatic rings. The lowest BCUT2D eigenvalue weighted by Gasteiger charge is -2.25. The number of hydrogen-bond donors (Lipinski definition) is 1. The summed E-state index contributed by atoms with van der Waals surface area (Å²) in [6.45, 7) is 7.19. The summed E-state index contributed by atoms with van der Waals surface area (Å²) in [4.78, 5) is 2.25. The SMILES string of the molecule is Cc1nn(-c2ccccc2)c(Oc2ccccc2F)c1CN(C[C@@H](O)COC(C)C)C1CC1. The molecule has 6 nitrogen and oxygen atoms in total. The van der Waals surface area contributed by atoms with E-state index in [9.17, 15) is 9.50 Å². The van der Waals surface area contributed by atoms with E-state index in [1.54, 1.807) is 22.9 Å². The average Bonchev–Trinajstić information content (AvgIpc) is 3.60. The number of ether oxygens (including phenoxy) is 2. The third-order valence-corrected chi connectivity index (χ3v) is 5.67. The van der Waals surface area contributed by atoms with Gasteiger partial charge in [-0.15, -0.1) is 0 Å². The Labute approximate surface area is 194 Å². The molecule has 1 fully saturated rings. The van der Waals surface area contributed by atoms with Gasteiger partial charge in [-0.05, 0) is 57.9 Å². The lowest BCUT2D eigenvalue weighted by atomic mass is 10.2. The van der Waals surface area contributed by atoms with Gasteiger partial charge in [-0.25, -0.2) is 9.07 Å². The fraction of sp³-hybridized carbons (Fsp3) is 0.423. The van der Waals surface area contributed by atoms with Crippen LogP contribution in [0.1, 0.15) is 37.9 Å². The number of nitrogens with zero attached hydrogens (tertiary/aromatic N) is 3. The van der Waals surface area contributed by atoms with Crippen molar-refractivity contribution in [3.05, 3.63) is 71.7 Å². The minimum absolute atomic E-state index is 0.0705. The first-order chi connectivity index (χ1) is 15.9. The molecule has 0 spiro atoms. The Bertz CT molecular complexity index is 1050. The molecule has 176 valence electrons. The first-order valence-electron chi connectivity index (χ1n) is 11.5. The highest BCUT2D eigenvalue weighted by atomic mass is 19.1. The van der Waals surface area contributed by atoms with Gasteiger partial charge in [-0.1, -0.05) is 30.3 Å². The van der Waals surface area contributed by atoms with Gasteiger partial charge in [0.2, 0.25) is 5.88 Å². The van der Waals surface area contributed by atoms with Crippen molar-refractivity contribution in [1.82, 2.24) is 14.7 Å². The fourth-order valence-electron chi connectivity index (χ4n) is 3.81. The van der Waals surface area contributed by atoms with E-state index in [2.05, 4.69) is 4.90 Å². The molecule has 0 radical (unpaired) electrons. The number of halogens is 1. The molecule has 1 heterocycles. The predicted molar refractivity (Wildman–Crippen MR) is 125 cm³/mol. The van der Waals surface area contributed by atoms with Gasteiger partial charge in [0.15, 0.2) is 11.6 Å². The second-order valence-electron chi connectivity index (χ2n) is 8.85. The molecule has 0 amide bonds. The number of benzene rings is 2. The lowest BCUT2D eigenvalue weighted by molar-refractivity contribution is -0.0107. The van der Waals surface area contributed by atoms with Crippen molar-refractivity contribution in [2.45, 2.75) is 58.4 Å². The number of rotatable bonds is 11. The number of para-hydroxylation sites is 2. The lowest BCUT2D eigenvalue weighted by Crippen LogP contribution is -2.36. The molecule has 33 heavy (non-hydrogen) atoms. The van der Waals surface area contributed by atoms with Gasteiger partial charge in [0.1, 0.15) is 0 Å². The summed E-state index contributed by atoms with van der Waals surface area (Å²) in [6.07, 6.45) is 1.66. The third-order valence-electron chi connectivity index (χ3n) is 5.67. The molecular weight excluding hydrogens is 421 g/mol. The summed E-state index contributed by atoms with van der Waals surface area (Å²) in [5.74, 6) is 0.212. The topological polar surface area (TPSA) is 59.8 Å². The van der Waals surface area contributed by atoms with E-state index in [1.807, 2.05) is 51.1 Å². The molecule has 4 rings (SSSR count). The molecule has 1 aliphatic rings. The zero-order valence-electron chi connectivity index (χ0n) is 19.4. The number of aliphatic hydroxyl groups excluding tert-OH is 1. The number of aryl methyl sites for hydroxylation is 1. The van der Waals surface area contributed by atoms with Crippen LogP contribution >= 0.6 is 0 Å². The first-order valence-corrected chi connectivity index (χ1v) is 11.5. The van der Waals surface area contributed by atoms with Gasteiger partial charge >= 0.3 is 0 Å². The molecule has 1 N–H and O–H groups in total. The summed E-state index contributed by atoms with van der Waals surface area (Å²) >= 11 is 0. The van der Waals surface area contributed by atoms with Crippen LogP contribution in [-0.4, -0.2) is 51.2 Å². The van der Waals surface area contributed by atoms with Crippen molar-refractivity contribution in [2.24, 2.45) is 0 Å². The summed E-state index contributed by atoms with van der Waals surface area (Å²) in [5, 5.41) is 15.3. The minimum atomic E-state index is -0.589. The van der Waals surface area contributed by atoms with Gasteiger partial charge in [-0.2, -0.15) is 5.10 Å². The fourth-order valence-corrected chi connectivity index (χ4v) is 3.81. The van der Waals surface area contributed by atoms with Crippen molar-refractivity contribution in [3.63, 3.8) is 0 Å². The zero-order chi connectivity index (χ0) is 23.4. The van der Waals surface area contributed by atoms with Crippen LogP contribution in [0, 0.1) is 12.7 Å². The summed E-state index contributed by atoms with van der Waals surface area (Å²) < 4.78 is 27.9. The van der Waals surface area contributed by atoms with Crippen LogP contribution in [0.2, 0.25) is 0 Å². The number of hydrogen-bond acceptors (Lipinski definition) is 5. The van der Waals surface area contributed by atoms with E-state index < -0.39 is 11.9 Å². The Kier molecular flexibility index (Phi) is 7.42. The zero-order valence-corrected chi connectivity index (χ0v) is 19.4. The van der Waals surface area contributed by atoms with Crippen LogP contribution < -0.4 is 4.74 Å². The number of aliphatic hydroxyl groups is 1.